The van der Waals surface area contributed by atoms with Crippen molar-refractivity contribution in [2.24, 2.45) is 0 Å². The van der Waals surface area contributed by atoms with Gasteiger partial charge in [0, 0.05) is 7.05 Å². The Morgan fingerprint density at radius 3 is 2.78 bits per heavy atom. The minimum absolute atomic E-state index is 0.0213. The van der Waals surface area contributed by atoms with Crippen LogP contribution in [0, 0.1) is 0 Å². The normalized spacial score (nSPS) is 21.2. The van der Waals surface area contributed by atoms with E-state index in [0.717, 1.165) is 11.5 Å². The second kappa shape index (κ2) is 6.63. The van der Waals surface area contributed by atoms with Crippen molar-refractivity contribution in [3.8, 4) is 0 Å². The van der Waals surface area contributed by atoms with E-state index in [9.17, 15) is 4.79 Å². The number of carbonyl (C=O) groups excluding carboxylic acids is 1. The summed E-state index contributed by atoms with van der Waals surface area (Å²) in [4.78, 5) is 15.8. The summed E-state index contributed by atoms with van der Waals surface area (Å²) >= 11 is 4.78. The molecular weight excluding hydrogens is 316 g/mol. The van der Waals surface area contributed by atoms with Crippen molar-refractivity contribution in [1.82, 2.24) is 9.80 Å². The number of halogens is 1. The van der Waals surface area contributed by atoms with Crippen LogP contribution in [-0.2, 0) is 9.53 Å². The molecule has 4 nitrogen and oxygen atoms in total. The Bertz CT molecular complexity index is 371. The summed E-state index contributed by atoms with van der Waals surface area (Å²) in [7, 11) is 5.88. The maximum Gasteiger partial charge on any atom is 0.232 e. The molecular formula is C12H19BrN2O2S. The van der Waals surface area contributed by atoms with Crippen LogP contribution in [-0.4, -0.2) is 53.7 Å². The van der Waals surface area contributed by atoms with Crippen LogP contribution in [0.2, 0.25) is 0 Å². The average molecular weight is 335 g/mol. The Kier molecular flexibility index (Phi) is 5.75. The Hall–Kier alpha value is -0.460. The van der Waals surface area contributed by atoms with Crippen LogP contribution >= 0.6 is 27.7 Å². The number of likely N-dealkylation sites (N-methyl/N-ethyl adjacent to an activating group) is 2. The van der Waals surface area contributed by atoms with E-state index >= 15 is 0 Å². The Labute approximate surface area is 121 Å². The van der Waals surface area contributed by atoms with E-state index in [1.165, 1.54) is 0 Å². The first-order chi connectivity index (χ1) is 8.43. The molecule has 2 atom stereocenters. The van der Waals surface area contributed by atoms with Crippen molar-refractivity contribution >= 4 is 33.5 Å². The SMILES string of the molecule is C=CSC(C1=C(C)OC(C(=O)CBr)N1C)N(C)C. The predicted octanol–water partition coefficient (Wildman–Crippen LogP) is 2.23. The molecule has 0 amide bonds. The van der Waals surface area contributed by atoms with E-state index in [-0.39, 0.29) is 11.2 Å². The van der Waals surface area contributed by atoms with Crippen LogP contribution in [0.1, 0.15) is 6.92 Å². The van der Waals surface area contributed by atoms with E-state index in [0.29, 0.717) is 5.33 Å². The summed E-state index contributed by atoms with van der Waals surface area (Å²) in [6, 6.07) is 0. The lowest BCUT2D eigenvalue weighted by molar-refractivity contribution is -0.130. The van der Waals surface area contributed by atoms with Gasteiger partial charge in [0.05, 0.1) is 11.0 Å². The monoisotopic (exact) mass is 334 g/mol. The largest absolute Gasteiger partial charge is 0.466 e. The zero-order valence-electron chi connectivity index (χ0n) is 11.1. The lowest BCUT2D eigenvalue weighted by Gasteiger charge is -2.29. The molecule has 0 spiro atoms. The van der Waals surface area contributed by atoms with Gasteiger partial charge in [-0.2, -0.15) is 0 Å². The summed E-state index contributed by atoms with van der Waals surface area (Å²) in [5, 5.41) is 2.20. The smallest absolute Gasteiger partial charge is 0.232 e. The molecule has 0 saturated heterocycles. The molecule has 1 aliphatic rings. The molecule has 0 aromatic rings. The minimum Gasteiger partial charge on any atom is -0.466 e. The van der Waals surface area contributed by atoms with Gasteiger partial charge in [-0.15, -0.1) is 11.8 Å². The molecule has 0 radical (unpaired) electrons. The van der Waals surface area contributed by atoms with Crippen molar-refractivity contribution < 1.29 is 9.53 Å². The first kappa shape index (κ1) is 15.6. The van der Waals surface area contributed by atoms with Crippen molar-refractivity contribution in [2.45, 2.75) is 18.5 Å². The van der Waals surface area contributed by atoms with Gasteiger partial charge in [0.25, 0.3) is 0 Å². The predicted molar refractivity (Wildman–Crippen MR) is 79.4 cm³/mol. The highest BCUT2D eigenvalue weighted by Crippen LogP contribution is 2.34. The number of nitrogens with zero attached hydrogens (tertiary/aromatic N) is 2. The van der Waals surface area contributed by atoms with E-state index in [1.54, 1.807) is 17.2 Å². The Morgan fingerprint density at radius 2 is 2.33 bits per heavy atom. The first-order valence-electron chi connectivity index (χ1n) is 5.55. The third-order valence-corrected chi connectivity index (χ3v) is 4.36. The summed E-state index contributed by atoms with van der Waals surface area (Å²) < 4.78 is 5.67. The number of carbonyl (C=O) groups is 1. The van der Waals surface area contributed by atoms with Crippen LogP contribution in [0.4, 0.5) is 0 Å². The third kappa shape index (κ3) is 3.10. The van der Waals surface area contributed by atoms with Crippen molar-refractivity contribution in [3.05, 3.63) is 23.4 Å². The number of rotatable bonds is 6. The highest BCUT2D eigenvalue weighted by Gasteiger charge is 2.37. The molecule has 0 aromatic carbocycles. The number of hydrogen-bond donors (Lipinski definition) is 0. The number of allylic oxidation sites excluding steroid dienone is 1. The summed E-state index contributed by atoms with van der Waals surface area (Å²) in [6.07, 6.45) is -0.521. The topological polar surface area (TPSA) is 32.8 Å². The summed E-state index contributed by atoms with van der Waals surface area (Å²) in [6.45, 7) is 5.65. The number of ketones is 1. The molecule has 0 N–H and O–H groups in total. The zero-order chi connectivity index (χ0) is 13.9. The lowest BCUT2D eigenvalue weighted by atomic mass is 10.3. The Balaban J connectivity index is 2.97. The number of thioether (sulfide) groups is 1. The van der Waals surface area contributed by atoms with Gasteiger partial charge in [0.2, 0.25) is 12.0 Å². The quantitative estimate of drug-likeness (QED) is 0.549. The van der Waals surface area contributed by atoms with Gasteiger partial charge in [-0.25, -0.2) is 0 Å². The van der Waals surface area contributed by atoms with Crippen LogP contribution in [0.3, 0.4) is 0 Å². The molecule has 0 fully saturated rings. The van der Waals surface area contributed by atoms with Gasteiger partial charge >= 0.3 is 0 Å². The van der Waals surface area contributed by atoms with E-state index in [4.69, 9.17) is 4.74 Å². The van der Waals surface area contributed by atoms with Gasteiger partial charge in [-0.1, -0.05) is 22.5 Å². The molecule has 0 aromatic heterocycles. The molecule has 0 bridgehead atoms. The van der Waals surface area contributed by atoms with Crippen LogP contribution in [0.25, 0.3) is 0 Å². The van der Waals surface area contributed by atoms with Gasteiger partial charge in [-0.3, -0.25) is 9.69 Å². The maximum atomic E-state index is 11.8. The minimum atomic E-state index is -0.521. The van der Waals surface area contributed by atoms with Crippen LogP contribution in [0.5, 0.6) is 0 Å². The highest BCUT2D eigenvalue weighted by atomic mass is 79.9. The molecule has 1 aliphatic heterocycles. The molecule has 1 rings (SSSR count). The van der Waals surface area contributed by atoms with Crippen LogP contribution < -0.4 is 0 Å². The standard InChI is InChI=1S/C12H19BrN2O2S/c1-6-18-12(14(3)4)10-8(2)17-11(15(10)5)9(16)7-13/h6,11-12H,1,7H2,2-5H3. The lowest BCUT2D eigenvalue weighted by Crippen LogP contribution is -2.40. The van der Waals surface area contributed by atoms with E-state index < -0.39 is 6.23 Å². The summed E-state index contributed by atoms with van der Waals surface area (Å²) in [5.41, 5.74) is 1.02. The van der Waals surface area contributed by atoms with Crippen molar-refractivity contribution in [2.75, 3.05) is 26.5 Å². The number of hydrogen-bond acceptors (Lipinski definition) is 5. The molecule has 1 heterocycles. The first-order valence-corrected chi connectivity index (χ1v) is 7.62. The van der Waals surface area contributed by atoms with Crippen molar-refractivity contribution in [1.29, 1.82) is 0 Å². The zero-order valence-corrected chi connectivity index (χ0v) is 13.5. The maximum absolute atomic E-state index is 11.8. The molecule has 6 heteroatoms. The van der Waals surface area contributed by atoms with Gasteiger partial charge in [0.15, 0.2) is 0 Å². The molecule has 0 aliphatic carbocycles. The second-order valence-electron chi connectivity index (χ2n) is 4.24. The number of alkyl halides is 1. The Morgan fingerprint density at radius 1 is 1.72 bits per heavy atom. The molecule has 2 unspecified atom stereocenters. The highest BCUT2D eigenvalue weighted by molar-refractivity contribution is 9.09. The molecule has 0 saturated carbocycles. The third-order valence-electron chi connectivity index (χ3n) is 2.72. The van der Waals surface area contributed by atoms with E-state index in [2.05, 4.69) is 27.4 Å². The fourth-order valence-corrected chi connectivity index (χ4v) is 3.06. The average Bonchev–Trinajstić information content (AvgIpc) is 2.61. The fraction of sp³-hybridized carbons (Fsp3) is 0.583. The molecule has 18 heavy (non-hydrogen) atoms. The van der Waals surface area contributed by atoms with Crippen molar-refractivity contribution in [3.63, 3.8) is 0 Å². The number of Topliss-reactive ketones (excluding diaryl/α,β-unsaturated/α-hetero) is 1. The summed E-state index contributed by atoms with van der Waals surface area (Å²) in [5.74, 6) is 0.817. The number of ether oxygens (including phenoxy) is 1. The van der Waals surface area contributed by atoms with Crippen LogP contribution in [0.15, 0.2) is 23.4 Å². The van der Waals surface area contributed by atoms with E-state index in [1.807, 2.05) is 33.0 Å². The van der Waals surface area contributed by atoms with Gasteiger partial charge in [-0.05, 0) is 26.4 Å². The van der Waals surface area contributed by atoms with Gasteiger partial charge in [0.1, 0.15) is 11.1 Å². The molecule has 102 valence electrons. The fourth-order valence-electron chi connectivity index (χ4n) is 1.90. The van der Waals surface area contributed by atoms with Gasteiger partial charge < -0.3 is 9.64 Å². The second-order valence-corrected chi connectivity index (χ2v) is 5.85.